The van der Waals surface area contributed by atoms with E-state index in [-0.39, 0.29) is 0 Å². The van der Waals surface area contributed by atoms with Crippen LogP contribution in [0.3, 0.4) is 0 Å². The predicted octanol–water partition coefficient (Wildman–Crippen LogP) is 4.24. The van der Waals surface area contributed by atoms with Crippen molar-refractivity contribution in [1.29, 1.82) is 5.26 Å². The summed E-state index contributed by atoms with van der Waals surface area (Å²) < 4.78 is 1.24. The van der Waals surface area contributed by atoms with Gasteiger partial charge < -0.3 is 5.73 Å². The predicted molar refractivity (Wildman–Crippen MR) is 66.8 cm³/mol. The molecule has 0 aliphatic carbocycles. The lowest BCUT2D eigenvalue weighted by Crippen LogP contribution is -1.81. The summed E-state index contributed by atoms with van der Waals surface area (Å²) in [6.45, 7) is 0. The molecule has 2 aromatic heterocycles. The van der Waals surface area contributed by atoms with Gasteiger partial charge in [-0.2, -0.15) is 5.26 Å². The fraction of sp³-hybridized carbons (Fsp3) is 0. The lowest BCUT2D eigenvalue weighted by Gasteiger charge is -1.90. The minimum atomic E-state index is 0.482. The largest absolute Gasteiger partial charge is 0.397 e. The van der Waals surface area contributed by atoms with Gasteiger partial charge in [0, 0.05) is 10.4 Å². The zero-order chi connectivity index (χ0) is 11.0. The topological polar surface area (TPSA) is 49.8 Å². The van der Waals surface area contributed by atoms with E-state index in [1.165, 1.54) is 22.7 Å². The standard InChI is InChI=1S/C9H4Cl2N2S2/c10-8-1-4(9(11)15-8)6-2-5(13)7(3-12)14-6/h1-2H,13H2. The van der Waals surface area contributed by atoms with E-state index < -0.39 is 0 Å². The van der Waals surface area contributed by atoms with Crippen LogP contribution in [0.4, 0.5) is 5.69 Å². The monoisotopic (exact) mass is 274 g/mol. The molecule has 0 fully saturated rings. The van der Waals surface area contributed by atoms with E-state index in [0.717, 1.165) is 10.4 Å². The van der Waals surface area contributed by atoms with E-state index in [4.69, 9.17) is 34.2 Å². The number of hydrogen-bond acceptors (Lipinski definition) is 4. The highest BCUT2D eigenvalue weighted by molar-refractivity contribution is 7.21. The zero-order valence-corrected chi connectivity index (χ0v) is 10.4. The van der Waals surface area contributed by atoms with Crippen LogP contribution in [0.5, 0.6) is 0 Å². The van der Waals surface area contributed by atoms with Gasteiger partial charge in [-0.1, -0.05) is 23.2 Å². The first-order valence-electron chi connectivity index (χ1n) is 3.86. The van der Waals surface area contributed by atoms with Gasteiger partial charge in [0.15, 0.2) is 0 Å². The van der Waals surface area contributed by atoms with E-state index >= 15 is 0 Å². The van der Waals surface area contributed by atoms with Gasteiger partial charge in [0.1, 0.15) is 15.3 Å². The average molecular weight is 275 g/mol. The van der Waals surface area contributed by atoms with E-state index in [2.05, 4.69) is 0 Å². The second-order valence-electron chi connectivity index (χ2n) is 2.74. The SMILES string of the molecule is N#Cc1sc(-c2cc(Cl)sc2Cl)cc1N. The zero-order valence-electron chi connectivity index (χ0n) is 7.25. The first-order valence-corrected chi connectivity index (χ1v) is 6.25. The maximum atomic E-state index is 8.78. The number of rotatable bonds is 1. The second kappa shape index (κ2) is 4.03. The molecule has 0 aromatic carbocycles. The molecule has 6 heteroatoms. The molecule has 0 amide bonds. The first kappa shape index (κ1) is 10.8. The minimum Gasteiger partial charge on any atom is -0.397 e. The number of nitrogens with two attached hydrogens (primary N) is 1. The van der Waals surface area contributed by atoms with Crippen molar-refractivity contribution < 1.29 is 0 Å². The van der Waals surface area contributed by atoms with Crippen molar-refractivity contribution in [3.8, 4) is 16.5 Å². The highest BCUT2D eigenvalue weighted by atomic mass is 35.5. The summed E-state index contributed by atoms with van der Waals surface area (Å²) in [5, 5.41) is 8.78. The van der Waals surface area contributed by atoms with Crippen LogP contribution in [0, 0.1) is 11.3 Å². The number of halogens is 2. The summed E-state index contributed by atoms with van der Waals surface area (Å²) >= 11 is 14.5. The minimum absolute atomic E-state index is 0.482. The van der Waals surface area contributed by atoms with Gasteiger partial charge in [0.05, 0.1) is 10.0 Å². The third kappa shape index (κ3) is 1.97. The summed E-state index contributed by atoms with van der Waals surface area (Å²) in [7, 11) is 0. The van der Waals surface area contributed by atoms with Crippen molar-refractivity contribution >= 4 is 51.6 Å². The summed E-state index contributed by atoms with van der Waals surface area (Å²) in [6.07, 6.45) is 0. The van der Waals surface area contributed by atoms with Crippen LogP contribution in [0.2, 0.25) is 8.67 Å². The van der Waals surface area contributed by atoms with E-state index in [9.17, 15) is 0 Å². The molecule has 0 unspecified atom stereocenters. The summed E-state index contributed by atoms with van der Waals surface area (Å²) in [5.41, 5.74) is 6.98. The number of nitriles is 1. The molecular weight excluding hydrogens is 271 g/mol. The fourth-order valence-corrected chi connectivity index (χ4v) is 3.64. The molecule has 0 radical (unpaired) electrons. The maximum Gasteiger partial charge on any atom is 0.128 e. The van der Waals surface area contributed by atoms with Gasteiger partial charge in [-0.25, -0.2) is 0 Å². The number of anilines is 1. The Hall–Kier alpha value is -0.730. The highest BCUT2D eigenvalue weighted by Crippen LogP contribution is 2.42. The molecule has 76 valence electrons. The molecule has 0 aliphatic heterocycles. The first-order chi connectivity index (χ1) is 7.11. The van der Waals surface area contributed by atoms with Crippen molar-refractivity contribution in [1.82, 2.24) is 0 Å². The Labute approximate surface area is 104 Å². The lowest BCUT2D eigenvalue weighted by molar-refractivity contribution is 1.52. The van der Waals surface area contributed by atoms with E-state index in [1.807, 2.05) is 6.07 Å². The van der Waals surface area contributed by atoms with Gasteiger partial charge in [0.2, 0.25) is 0 Å². The molecule has 2 rings (SSSR count). The lowest BCUT2D eigenvalue weighted by atomic mass is 10.2. The van der Waals surface area contributed by atoms with Crippen LogP contribution in [0.15, 0.2) is 12.1 Å². The molecule has 0 bridgehead atoms. The average Bonchev–Trinajstić information content (AvgIpc) is 2.69. The van der Waals surface area contributed by atoms with Crippen LogP contribution in [0.25, 0.3) is 10.4 Å². The normalized spacial score (nSPS) is 10.2. The van der Waals surface area contributed by atoms with E-state index in [0.29, 0.717) is 19.2 Å². The molecule has 0 spiro atoms. The van der Waals surface area contributed by atoms with Crippen molar-refractivity contribution in [2.24, 2.45) is 0 Å². The Kier molecular flexibility index (Phi) is 2.89. The van der Waals surface area contributed by atoms with Gasteiger partial charge in [-0.3, -0.25) is 0 Å². The summed E-state index contributed by atoms with van der Waals surface area (Å²) in [6, 6.07) is 5.55. The third-order valence-electron chi connectivity index (χ3n) is 1.78. The molecule has 0 aliphatic rings. The van der Waals surface area contributed by atoms with Gasteiger partial charge in [-0.15, -0.1) is 22.7 Å². The Morgan fingerprint density at radius 1 is 1.27 bits per heavy atom. The molecule has 15 heavy (non-hydrogen) atoms. The molecule has 2 heterocycles. The van der Waals surface area contributed by atoms with E-state index in [1.54, 1.807) is 12.1 Å². The molecular formula is C9H4Cl2N2S2. The van der Waals surface area contributed by atoms with Gasteiger partial charge in [0.25, 0.3) is 0 Å². The summed E-state index contributed by atoms with van der Waals surface area (Å²) in [4.78, 5) is 1.38. The van der Waals surface area contributed by atoms with Crippen LogP contribution in [-0.2, 0) is 0 Å². The smallest absolute Gasteiger partial charge is 0.128 e. The maximum absolute atomic E-state index is 8.78. The Bertz CT molecular complexity index is 551. The molecule has 0 saturated carbocycles. The van der Waals surface area contributed by atoms with Crippen molar-refractivity contribution in [3.63, 3.8) is 0 Å². The molecule has 2 N–H and O–H groups in total. The number of thiophene rings is 2. The van der Waals surface area contributed by atoms with Crippen LogP contribution in [-0.4, -0.2) is 0 Å². The van der Waals surface area contributed by atoms with Crippen LogP contribution >= 0.6 is 45.9 Å². The molecule has 0 saturated heterocycles. The quantitative estimate of drug-likeness (QED) is 0.846. The van der Waals surface area contributed by atoms with Crippen molar-refractivity contribution in [2.75, 3.05) is 5.73 Å². The fourth-order valence-electron chi connectivity index (χ4n) is 1.13. The Morgan fingerprint density at radius 3 is 2.47 bits per heavy atom. The summed E-state index contributed by atoms with van der Waals surface area (Å²) in [5.74, 6) is 0. The highest BCUT2D eigenvalue weighted by Gasteiger charge is 2.13. The Morgan fingerprint density at radius 2 is 2.00 bits per heavy atom. The Balaban J connectivity index is 2.55. The number of hydrogen-bond donors (Lipinski definition) is 1. The van der Waals surface area contributed by atoms with Crippen molar-refractivity contribution in [3.05, 3.63) is 25.7 Å². The number of nitrogen functional groups attached to an aromatic ring is 1. The number of nitrogens with zero attached hydrogens (tertiary/aromatic N) is 1. The second-order valence-corrected chi connectivity index (χ2v) is 6.08. The van der Waals surface area contributed by atoms with Gasteiger partial charge >= 0.3 is 0 Å². The molecule has 2 aromatic rings. The van der Waals surface area contributed by atoms with Gasteiger partial charge in [-0.05, 0) is 12.1 Å². The van der Waals surface area contributed by atoms with Crippen LogP contribution < -0.4 is 5.73 Å². The molecule has 0 atom stereocenters. The van der Waals surface area contributed by atoms with Crippen molar-refractivity contribution in [2.45, 2.75) is 0 Å². The third-order valence-corrected chi connectivity index (χ3v) is 4.36. The van der Waals surface area contributed by atoms with Crippen LogP contribution in [0.1, 0.15) is 4.88 Å². The molecule has 2 nitrogen and oxygen atoms in total.